The van der Waals surface area contributed by atoms with E-state index >= 15 is 0 Å². The van der Waals surface area contributed by atoms with Crippen molar-refractivity contribution in [2.45, 2.75) is 44.2 Å². The van der Waals surface area contributed by atoms with E-state index in [9.17, 15) is 9.90 Å². The van der Waals surface area contributed by atoms with Crippen molar-refractivity contribution in [3.05, 3.63) is 0 Å². The van der Waals surface area contributed by atoms with Crippen molar-refractivity contribution in [2.24, 2.45) is 11.7 Å². The molecule has 0 saturated heterocycles. The fourth-order valence-corrected chi connectivity index (χ4v) is 2.65. The Balaban J connectivity index is 2.22. The molecule has 0 aliphatic heterocycles. The van der Waals surface area contributed by atoms with Crippen LogP contribution in [0.5, 0.6) is 0 Å². The van der Waals surface area contributed by atoms with Crippen molar-refractivity contribution < 1.29 is 9.90 Å². The number of amides is 1. The summed E-state index contributed by atoms with van der Waals surface area (Å²) in [6.45, 7) is 0.562. The van der Waals surface area contributed by atoms with Crippen molar-refractivity contribution in [3.8, 4) is 0 Å². The molecule has 0 bridgehead atoms. The summed E-state index contributed by atoms with van der Waals surface area (Å²) in [5.74, 6) is 1.03. The van der Waals surface area contributed by atoms with Crippen LogP contribution in [-0.4, -0.2) is 41.7 Å². The molecule has 1 amide bonds. The number of nitrogens with two attached hydrogens (primary N) is 1. The maximum Gasteiger partial charge on any atom is 0.236 e. The van der Waals surface area contributed by atoms with Gasteiger partial charge in [-0.05, 0) is 31.3 Å². The van der Waals surface area contributed by atoms with E-state index in [2.05, 4.69) is 5.32 Å². The molecular weight excluding hydrogens is 236 g/mol. The van der Waals surface area contributed by atoms with Crippen molar-refractivity contribution in [2.75, 3.05) is 18.6 Å². The molecule has 2 unspecified atom stereocenters. The lowest BCUT2D eigenvalue weighted by molar-refractivity contribution is -0.122. The van der Waals surface area contributed by atoms with Gasteiger partial charge in [-0.1, -0.05) is 12.8 Å². The molecule has 17 heavy (non-hydrogen) atoms. The predicted octanol–water partition coefficient (Wildman–Crippen LogP) is 0.734. The number of carbonyl (C=O) groups is 1. The summed E-state index contributed by atoms with van der Waals surface area (Å²) >= 11 is 1.69. The maximum atomic E-state index is 11.7. The van der Waals surface area contributed by atoms with Crippen LogP contribution >= 0.6 is 11.8 Å². The Hall–Kier alpha value is -0.260. The molecule has 3 atom stereocenters. The van der Waals surface area contributed by atoms with Crippen LogP contribution in [-0.2, 0) is 4.79 Å². The van der Waals surface area contributed by atoms with E-state index in [-0.39, 0.29) is 17.9 Å². The van der Waals surface area contributed by atoms with Gasteiger partial charge in [-0.25, -0.2) is 0 Å². The average molecular weight is 260 g/mol. The first-order valence-corrected chi connectivity index (χ1v) is 7.74. The van der Waals surface area contributed by atoms with Gasteiger partial charge in [0.05, 0.1) is 12.1 Å². The molecule has 0 spiro atoms. The third-order valence-corrected chi connectivity index (χ3v) is 4.02. The normalized spacial score (nSPS) is 26.5. The summed E-state index contributed by atoms with van der Waals surface area (Å²) in [6.07, 6.45) is 6.56. The summed E-state index contributed by atoms with van der Waals surface area (Å²) in [6, 6.07) is -0.414. The Bertz CT molecular complexity index is 239. The Morgan fingerprint density at radius 3 is 2.88 bits per heavy atom. The van der Waals surface area contributed by atoms with E-state index in [0.29, 0.717) is 13.0 Å². The van der Waals surface area contributed by atoms with Gasteiger partial charge >= 0.3 is 0 Å². The van der Waals surface area contributed by atoms with Crippen LogP contribution in [0.4, 0.5) is 0 Å². The number of carbonyl (C=O) groups excluding carboxylic acids is 1. The minimum atomic E-state index is -0.414. The molecule has 4 N–H and O–H groups in total. The van der Waals surface area contributed by atoms with Gasteiger partial charge < -0.3 is 16.2 Å². The van der Waals surface area contributed by atoms with Crippen molar-refractivity contribution in [3.63, 3.8) is 0 Å². The largest absolute Gasteiger partial charge is 0.393 e. The number of aliphatic hydroxyl groups excluding tert-OH is 1. The molecule has 1 aliphatic carbocycles. The fourth-order valence-electron chi connectivity index (χ4n) is 2.16. The summed E-state index contributed by atoms with van der Waals surface area (Å²) in [4.78, 5) is 11.7. The van der Waals surface area contributed by atoms with Gasteiger partial charge in [-0.3, -0.25) is 4.79 Å². The highest BCUT2D eigenvalue weighted by Crippen LogP contribution is 2.23. The first kappa shape index (κ1) is 14.8. The Labute approximate surface area is 108 Å². The zero-order chi connectivity index (χ0) is 12.7. The lowest BCUT2D eigenvalue weighted by Crippen LogP contribution is -2.44. The van der Waals surface area contributed by atoms with E-state index in [1.165, 1.54) is 0 Å². The summed E-state index contributed by atoms with van der Waals surface area (Å²) in [5.41, 5.74) is 5.77. The van der Waals surface area contributed by atoms with E-state index in [1.54, 1.807) is 11.8 Å². The van der Waals surface area contributed by atoms with Crippen molar-refractivity contribution >= 4 is 17.7 Å². The number of hydrogen-bond acceptors (Lipinski definition) is 4. The number of aliphatic hydroxyl groups is 1. The van der Waals surface area contributed by atoms with E-state index in [4.69, 9.17) is 5.73 Å². The second kappa shape index (κ2) is 7.95. The molecule has 1 fully saturated rings. The molecule has 0 aromatic rings. The van der Waals surface area contributed by atoms with Gasteiger partial charge in [0, 0.05) is 12.5 Å². The van der Waals surface area contributed by atoms with E-state index in [1.807, 2.05) is 6.26 Å². The standard InChI is InChI=1S/C12H24N2O2S/c1-17-7-6-10(13)12(16)14-8-9-4-2-3-5-11(9)15/h9-11,15H,2-8,13H2,1H3,(H,14,16)/t9?,10-,11?/m1/s1. The van der Waals surface area contributed by atoms with E-state index < -0.39 is 6.04 Å². The number of nitrogens with one attached hydrogen (secondary N) is 1. The van der Waals surface area contributed by atoms with Crippen LogP contribution in [0.3, 0.4) is 0 Å². The van der Waals surface area contributed by atoms with Gasteiger partial charge in [0.1, 0.15) is 0 Å². The fraction of sp³-hybridized carbons (Fsp3) is 0.917. The lowest BCUT2D eigenvalue weighted by atomic mass is 9.86. The highest BCUT2D eigenvalue weighted by Gasteiger charge is 2.24. The molecule has 5 heteroatoms. The average Bonchev–Trinajstić information content (AvgIpc) is 2.34. The van der Waals surface area contributed by atoms with Crippen LogP contribution in [0.15, 0.2) is 0 Å². The molecule has 4 nitrogen and oxygen atoms in total. The topological polar surface area (TPSA) is 75.4 Å². The predicted molar refractivity (Wildman–Crippen MR) is 71.9 cm³/mol. The molecule has 100 valence electrons. The third-order valence-electron chi connectivity index (χ3n) is 3.38. The highest BCUT2D eigenvalue weighted by atomic mass is 32.2. The smallest absolute Gasteiger partial charge is 0.236 e. The summed E-state index contributed by atoms with van der Waals surface area (Å²) in [5, 5.41) is 12.6. The van der Waals surface area contributed by atoms with Gasteiger partial charge in [0.2, 0.25) is 5.91 Å². The van der Waals surface area contributed by atoms with Crippen LogP contribution < -0.4 is 11.1 Å². The first-order valence-electron chi connectivity index (χ1n) is 6.35. The van der Waals surface area contributed by atoms with Gasteiger partial charge in [0.25, 0.3) is 0 Å². The maximum absolute atomic E-state index is 11.7. The van der Waals surface area contributed by atoms with Crippen LogP contribution in [0.1, 0.15) is 32.1 Å². The molecule has 0 aromatic carbocycles. The third kappa shape index (κ3) is 5.27. The number of thioether (sulfide) groups is 1. The summed E-state index contributed by atoms with van der Waals surface area (Å²) in [7, 11) is 0. The highest BCUT2D eigenvalue weighted by molar-refractivity contribution is 7.98. The van der Waals surface area contributed by atoms with Crippen LogP contribution in [0, 0.1) is 5.92 Å². The van der Waals surface area contributed by atoms with Crippen molar-refractivity contribution in [1.29, 1.82) is 0 Å². The minimum absolute atomic E-state index is 0.0863. The molecule has 1 rings (SSSR count). The Morgan fingerprint density at radius 1 is 1.53 bits per heavy atom. The molecule has 1 aliphatic rings. The number of hydrogen-bond donors (Lipinski definition) is 3. The Morgan fingerprint density at radius 2 is 2.24 bits per heavy atom. The number of rotatable bonds is 6. The Kier molecular flexibility index (Phi) is 6.92. The summed E-state index contributed by atoms with van der Waals surface area (Å²) < 4.78 is 0. The zero-order valence-electron chi connectivity index (χ0n) is 10.5. The first-order chi connectivity index (χ1) is 8.15. The molecule has 0 aromatic heterocycles. The van der Waals surface area contributed by atoms with E-state index in [0.717, 1.165) is 31.4 Å². The monoisotopic (exact) mass is 260 g/mol. The van der Waals surface area contributed by atoms with Gasteiger partial charge in [-0.15, -0.1) is 0 Å². The second-order valence-electron chi connectivity index (χ2n) is 4.75. The zero-order valence-corrected chi connectivity index (χ0v) is 11.3. The van der Waals surface area contributed by atoms with Gasteiger partial charge in [-0.2, -0.15) is 11.8 Å². The molecule has 0 radical (unpaired) electrons. The lowest BCUT2D eigenvalue weighted by Gasteiger charge is -2.28. The molecule has 0 heterocycles. The molecular formula is C12H24N2O2S. The van der Waals surface area contributed by atoms with Gasteiger partial charge in [0.15, 0.2) is 0 Å². The minimum Gasteiger partial charge on any atom is -0.393 e. The second-order valence-corrected chi connectivity index (χ2v) is 5.73. The van der Waals surface area contributed by atoms with Crippen LogP contribution in [0.2, 0.25) is 0 Å². The SMILES string of the molecule is CSCC[C@@H](N)C(=O)NCC1CCCCC1O. The quantitative estimate of drug-likeness (QED) is 0.658. The molecule has 1 saturated carbocycles. The van der Waals surface area contributed by atoms with Crippen molar-refractivity contribution in [1.82, 2.24) is 5.32 Å². The van der Waals surface area contributed by atoms with Crippen LogP contribution in [0.25, 0.3) is 0 Å².